The van der Waals surface area contributed by atoms with E-state index in [1.54, 1.807) is 0 Å². The van der Waals surface area contributed by atoms with Gasteiger partial charge in [0.2, 0.25) is 0 Å². The van der Waals surface area contributed by atoms with Gasteiger partial charge in [-0.05, 0) is 16.5 Å². The molecule has 0 saturated carbocycles. The second-order valence-electron chi connectivity index (χ2n) is 5.11. The minimum atomic E-state index is 0.250. The van der Waals surface area contributed by atoms with Gasteiger partial charge < -0.3 is 4.74 Å². The Bertz CT molecular complexity index is 318. The molecule has 1 saturated heterocycles. The van der Waals surface area contributed by atoms with Crippen molar-refractivity contribution >= 4 is 0 Å². The summed E-state index contributed by atoms with van der Waals surface area (Å²) in [6.45, 7) is 7.69. The lowest BCUT2D eigenvalue weighted by Crippen LogP contribution is -2.11. The lowest BCUT2D eigenvalue weighted by Gasteiger charge is -2.19. The number of hydrogen-bond donors (Lipinski definition) is 0. The molecule has 0 aliphatic carbocycles. The van der Waals surface area contributed by atoms with Gasteiger partial charge in [0.25, 0.3) is 0 Å². The first-order chi connectivity index (χ1) is 6.55. The summed E-state index contributed by atoms with van der Waals surface area (Å²) in [7, 11) is 0. The number of benzene rings is 1. The Morgan fingerprint density at radius 3 is 2.64 bits per heavy atom. The first kappa shape index (κ1) is 9.72. The normalized spacial score (nSPS) is 20.9. The fraction of sp³-hybridized carbons (Fsp3) is 0.538. The minimum Gasteiger partial charge on any atom is -0.373 e. The Hall–Kier alpha value is -0.820. The predicted octanol–water partition coefficient (Wildman–Crippen LogP) is 2.93. The van der Waals surface area contributed by atoms with Crippen LogP contribution in [0.2, 0.25) is 0 Å². The van der Waals surface area contributed by atoms with E-state index >= 15 is 0 Å². The molecule has 0 N–H and O–H groups in total. The van der Waals surface area contributed by atoms with Crippen LogP contribution in [0.1, 0.15) is 31.9 Å². The Kier molecular flexibility index (Phi) is 2.36. The fourth-order valence-corrected chi connectivity index (χ4v) is 1.61. The third-order valence-electron chi connectivity index (χ3n) is 2.66. The molecule has 1 aromatic rings. The molecule has 0 aromatic heterocycles. The number of rotatable bonds is 2. The molecule has 0 amide bonds. The number of ether oxygens (including phenoxy) is 1. The molecule has 1 atom stereocenters. The molecule has 14 heavy (non-hydrogen) atoms. The maximum Gasteiger partial charge on any atom is 0.0850 e. The van der Waals surface area contributed by atoms with Crippen molar-refractivity contribution in [2.45, 2.75) is 38.7 Å². The topological polar surface area (TPSA) is 12.5 Å². The fourth-order valence-electron chi connectivity index (χ4n) is 1.61. The largest absolute Gasteiger partial charge is 0.373 e. The van der Waals surface area contributed by atoms with Crippen LogP contribution in [-0.2, 0) is 16.6 Å². The van der Waals surface area contributed by atoms with Gasteiger partial charge in [-0.25, -0.2) is 0 Å². The van der Waals surface area contributed by atoms with Gasteiger partial charge in [-0.1, -0.05) is 45.0 Å². The summed E-state index contributed by atoms with van der Waals surface area (Å²) in [6.07, 6.45) is 1.56. The van der Waals surface area contributed by atoms with Gasteiger partial charge in [0, 0.05) is 6.42 Å². The van der Waals surface area contributed by atoms with Gasteiger partial charge in [0.1, 0.15) is 0 Å². The van der Waals surface area contributed by atoms with Crippen LogP contribution in [-0.4, -0.2) is 12.7 Å². The number of hydrogen-bond acceptors (Lipinski definition) is 1. The minimum absolute atomic E-state index is 0.250. The van der Waals surface area contributed by atoms with Crippen LogP contribution in [0.3, 0.4) is 0 Å². The molecule has 1 heteroatoms. The van der Waals surface area contributed by atoms with Crippen molar-refractivity contribution in [2.24, 2.45) is 0 Å². The summed E-state index contributed by atoms with van der Waals surface area (Å²) in [5, 5.41) is 0. The zero-order chi connectivity index (χ0) is 10.2. The maximum absolute atomic E-state index is 5.24. The second kappa shape index (κ2) is 3.39. The van der Waals surface area contributed by atoms with E-state index in [1.165, 1.54) is 11.1 Å². The van der Waals surface area contributed by atoms with E-state index in [0.29, 0.717) is 6.10 Å². The van der Waals surface area contributed by atoms with Crippen LogP contribution < -0.4 is 0 Å². The number of epoxide rings is 1. The molecule has 0 radical (unpaired) electrons. The van der Waals surface area contributed by atoms with E-state index in [2.05, 4.69) is 45.0 Å². The van der Waals surface area contributed by atoms with E-state index in [0.717, 1.165) is 13.0 Å². The third kappa shape index (κ3) is 2.36. The lowest BCUT2D eigenvalue weighted by atomic mass is 9.86. The highest BCUT2D eigenvalue weighted by atomic mass is 16.6. The average Bonchev–Trinajstić information content (AvgIpc) is 2.87. The average molecular weight is 190 g/mol. The quantitative estimate of drug-likeness (QED) is 0.653. The summed E-state index contributed by atoms with van der Waals surface area (Å²) in [4.78, 5) is 0. The molecule has 1 aliphatic heterocycles. The summed E-state index contributed by atoms with van der Waals surface area (Å²) in [5.41, 5.74) is 3.07. The summed E-state index contributed by atoms with van der Waals surface area (Å²) in [6, 6.07) is 8.86. The lowest BCUT2D eigenvalue weighted by molar-refractivity contribution is 0.407. The molecular weight excluding hydrogens is 172 g/mol. The van der Waals surface area contributed by atoms with Crippen molar-refractivity contribution in [1.29, 1.82) is 0 Å². The van der Waals surface area contributed by atoms with E-state index in [1.807, 2.05) is 0 Å². The Morgan fingerprint density at radius 1 is 1.36 bits per heavy atom. The van der Waals surface area contributed by atoms with E-state index in [-0.39, 0.29) is 5.41 Å². The van der Waals surface area contributed by atoms with Crippen LogP contribution in [0, 0.1) is 0 Å². The molecule has 1 fully saturated rings. The van der Waals surface area contributed by atoms with Gasteiger partial charge in [0.05, 0.1) is 12.7 Å². The molecule has 0 spiro atoms. The Labute approximate surface area is 86.1 Å². The van der Waals surface area contributed by atoms with Crippen LogP contribution in [0.25, 0.3) is 0 Å². The van der Waals surface area contributed by atoms with Crippen molar-refractivity contribution < 1.29 is 4.74 Å². The molecule has 1 aliphatic rings. The second-order valence-corrected chi connectivity index (χ2v) is 5.11. The SMILES string of the molecule is CC(C)(C)c1cccc(CC2CO2)c1. The van der Waals surface area contributed by atoms with Crippen LogP contribution in [0.4, 0.5) is 0 Å². The Morgan fingerprint density at radius 2 is 2.07 bits per heavy atom. The van der Waals surface area contributed by atoms with Crippen molar-refractivity contribution in [1.82, 2.24) is 0 Å². The van der Waals surface area contributed by atoms with Gasteiger partial charge in [-0.3, -0.25) is 0 Å². The molecule has 1 heterocycles. The van der Waals surface area contributed by atoms with Gasteiger partial charge in [0.15, 0.2) is 0 Å². The van der Waals surface area contributed by atoms with Crippen LogP contribution in [0.5, 0.6) is 0 Å². The molecular formula is C13H18O. The maximum atomic E-state index is 5.24. The summed E-state index contributed by atoms with van der Waals surface area (Å²) < 4.78 is 5.24. The third-order valence-corrected chi connectivity index (χ3v) is 2.66. The smallest absolute Gasteiger partial charge is 0.0850 e. The predicted molar refractivity (Wildman–Crippen MR) is 58.6 cm³/mol. The van der Waals surface area contributed by atoms with Crippen molar-refractivity contribution in [2.75, 3.05) is 6.61 Å². The zero-order valence-electron chi connectivity index (χ0n) is 9.21. The highest BCUT2D eigenvalue weighted by Gasteiger charge is 2.23. The first-order valence-electron chi connectivity index (χ1n) is 5.27. The van der Waals surface area contributed by atoms with E-state index in [4.69, 9.17) is 4.74 Å². The van der Waals surface area contributed by atoms with Crippen molar-refractivity contribution in [3.63, 3.8) is 0 Å². The van der Waals surface area contributed by atoms with E-state index in [9.17, 15) is 0 Å². The standard InChI is InChI=1S/C13H18O/c1-13(2,3)11-6-4-5-10(7-11)8-12-9-14-12/h4-7,12H,8-9H2,1-3H3. The van der Waals surface area contributed by atoms with Gasteiger partial charge >= 0.3 is 0 Å². The molecule has 2 rings (SSSR count). The van der Waals surface area contributed by atoms with E-state index < -0.39 is 0 Å². The van der Waals surface area contributed by atoms with Gasteiger partial charge in [-0.15, -0.1) is 0 Å². The summed E-state index contributed by atoms with van der Waals surface area (Å²) >= 11 is 0. The summed E-state index contributed by atoms with van der Waals surface area (Å²) in [5.74, 6) is 0. The van der Waals surface area contributed by atoms with Crippen LogP contribution >= 0.6 is 0 Å². The first-order valence-corrected chi connectivity index (χ1v) is 5.27. The van der Waals surface area contributed by atoms with Gasteiger partial charge in [-0.2, -0.15) is 0 Å². The molecule has 1 nitrogen and oxygen atoms in total. The monoisotopic (exact) mass is 190 g/mol. The molecule has 1 aromatic carbocycles. The highest BCUT2D eigenvalue weighted by molar-refractivity contribution is 5.29. The molecule has 0 bridgehead atoms. The van der Waals surface area contributed by atoms with Crippen molar-refractivity contribution in [3.05, 3.63) is 35.4 Å². The zero-order valence-corrected chi connectivity index (χ0v) is 9.21. The molecule has 76 valence electrons. The van der Waals surface area contributed by atoms with Crippen LogP contribution in [0.15, 0.2) is 24.3 Å². The Balaban J connectivity index is 2.17. The highest BCUT2D eigenvalue weighted by Crippen LogP contribution is 2.24. The van der Waals surface area contributed by atoms with Crippen molar-refractivity contribution in [3.8, 4) is 0 Å². The molecule has 1 unspecified atom stereocenters.